The normalized spacial score (nSPS) is 15.9. The van der Waals surface area contributed by atoms with Crippen molar-refractivity contribution >= 4 is 22.6 Å². The largest absolute Gasteiger partial charge is 0.340 e. The summed E-state index contributed by atoms with van der Waals surface area (Å²) in [5.74, 6) is -0.357. The van der Waals surface area contributed by atoms with Crippen molar-refractivity contribution in [1.82, 2.24) is 14.5 Å². The van der Waals surface area contributed by atoms with Gasteiger partial charge in [-0.3, -0.25) is 19.0 Å². The van der Waals surface area contributed by atoms with Crippen LogP contribution in [0.1, 0.15) is 23.2 Å². The average molecular weight is 452 g/mol. The van der Waals surface area contributed by atoms with E-state index in [-0.39, 0.29) is 29.7 Å². The minimum absolute atomic E-state index is 0.0571. The third-order valence-corrected chi connectivity index (χ3v) is 6.46. The lowest BCUT2D eigenvalue weighted by Gasteiger charge is -2.32. The molecule has 3 aromatic carbocycles. The fourth-order valence-corrected chi connectivity index (χ4v) is 4.58. The van der Waals surface area contributed by atoms with Crippen LogP contribution in [0.25, 0.3) is 22.0 Å². The summed E-state index contributed by atoms with van der Waals surface area (Å²) >= 11 is 0. The number of piperidine rings is 1. The molecular formula is C28H25N3O3. The van der Waals surface area contributed by atoms with Gasteiger partial charge in [0.15, 0.2) is 5.78 Å². The molecular weight excluding hydrogens is 426 g/mol. The highest BCUT2D eigenvalue weighted by atomic mass is 16.2. The zero-order valence-electron chi connectivity index (χ0n) is 18.8. The highest BCUT2D eigenvalue weighted by Gasteiger charge is 2.29. The molecule has 1 aliphatic heterocycles. The van der Waals surface area contributed by atoms with E-state index in [4.69, 9.17) is 0 Å². The van der Waals surface area contributed by atoms with Crippen LogP contribution in [0, 0.1) is 5.92 Å². The average Bonchev–Trinajstić information content (AvgIpc) is 2.90. The van der Waals surface area contributed by atoms with Crippen LogP contribution in [-0.2, 0) is 11.3 Å². The molecule has 5 rings (SSSR count). The molecule has 1 fully saturated rings. The van der Waals surface area contributed by atoms with Crippen LogP contribution in [0.4, 0.5) is 0 Å². The maximum atomic E-state index is 13.2. The number of nitrogens with zero attached hydrogens (tertiary/aromatic N) is 3. The third kappa shape index (κ3) is 4.39. The Morgan fingerprint density at radius 1 is 0.882 bits per heavy atom. The van der Waals surface area contributed by atoms with Crippen molar-refractivity contribution < 1.29 is 9.59 Å². The maximum absolute atomic E-state index is 13.2. The molecule has 1 aromatic heterocycles. The predicted octanol–water partition coefficient (Wildman–Crippen LogP) is 4.19. The van der Waals surface area contributed by atoms with Crippen LogP contribution < -0.4 is 5.56 Å². The van der Waals surface area contributed by atoms with E-state index in [2.05, 4.69) is 4.98 Å². The Morgan fingerprint density at radius 2 is 1.59 bits per heavy atom. The van der Waals surface area contributed by atoms with Gasteiger partial charge in [0.25, 0.3) is 5.56 Å². The summed E-state index contributed by atoms with van der Waals surface area (Å²) in [4.78, 5) is 44.9. The second-order valence-electron chi connectivity index (χ2n) is 8.68. The lowest BCUT2D eigenvalue weighted by Crippen LogP contribution is -2.44. The molecule has 1 atom stereocenters. The van der Waals surface area contributed by atoms with Crippen molar-refractivity contribution in [2.24, 2.45) is 5.92 Å². The number of hydrogen-bond donors (Lipinski definition) is 0. The Labute approximate surface area is 197 Å². The Kier molecular flexibility index (Phi) is 6.04. The summed E-state index contributed by atoms with van der Waals surface area (Å²) in [6, 6.07) is 24.8. The first kappa shape index (κ1) is 21.8. The number of carbonyl (C=O) groups excluding carboxylic acids is 2. The number of amides is 1. The maximum Gasteiger partial charge on any atom is 0.261 e. The lowest BCUT2D eigenvalue weighted by molar-refractivity contribution is -0.133. The molecule has 1 aliphatic rings. The zero-order valence-corrected chi connectivity index (χ0v) is 18.8. The third-order valence-electron chi connectivity index (χ3n) is 6.46. The van der Waals surface area contributed by atoms with E-state index in [9.17, 15) is 14.4 Å². The zero-order chi connectivity index (χ0) is 23.5. The number of ketones is 1. The number of likely N-dealkylation sites (tertiary alicyclic amines) is 1. The van der Waals surface area contributed by atoms with Crippen LogP contribution in [0.15, 0.2) is 90.0 Å². The predicted molar refractivity (Wildman–Crippen MR) is 132 cm³/mol. The first-order valence-electron chi connectivity index (χ1n) is 11.5. The summed E-state index contributed by atoms with van der Waals surface area (Å²) in [7, 11) is 0. The molecule has 0 spiro atoms. The second-order valence-corrected chi connectivity index (χ2v) is 8.68. The number of rotatable bonds is 5. The molecule has 4 aromatic rings. The SMILES string of the molecule is O=C(c1ccc(-c2ccccc2)cc1)C1CCCN(C(=O)Cn2cnc3ccccc3c2=O)C1. The van der Waals surface area contributed by atoms with Gasteiger partial charge in [-0.05, 0) is 36.1 Å². The van der Waals surface area contributed by atoms with Gasteiger partial charge in [-0.2, -0.15) is 0 Å². The second kappa shape index (κ2) is 9.43. The lowest BCUT2D eigenvalue weighted by atomic mass is 9.89. The van der Waals surface area contributed by atoms with Gasteiger partial charge in [-0.1, -0.05) is 66.7 Å². The summed E-state index contributed by atoms with van der Waals surface area (Å²) in [6.45, 7) is 0.878. The molecule has 34 heavy (non-hydrogen) atoms. The van der Waals surface area contributed by atoms with E-state index in [0.717, 1.165) is 24.0 Å². The standard InChI is InChI=1S/C28H25N3O3/c32-26(18-31-19-29-25-11-5-4-10-24(25)28(31)34)30-16-6-9-23(17-30)27(33)22-14-12-21(13-15-22)20-7-2-1-3-8-20/h1-5,7-8,10-15,19,23H,6,9,16-18H2. The molecule has 1 unspecified atom stereocenters. The summed E-state index contributed by atoms with van der Waals surface area (Å²) < 4.78 is 1.35. The van der Waals surface area contributed by atoms with Crippen molar-refractivity contribution in [2.45, 2.75) is 19.4 Å². The molecule has 1 saturated heterocycles. The molecule has 0 radical (unpaired) electrons. The fourth-order valence-electron chi connectivity index (χ4n) is 4.58. The summed E-state index contributed by atoms with van der Waals surface area (Å²) in [5, 5.41) is 0.489. The molecule has 170 valence electrons. The van der Waals surface area contributed by atoms with E-state index in [1.165, 1.54) is 10.9 Å². The number of fused-ring (bicyclic) bond motifs is 1. The number of Topliss-reactive ketones (excluding diaryl/α,β-unsaturated/α-hetero) is 1. The quantitative estimate of drug-likeness (QED) is 0.427. The number of aromatic nitrogens is 2. The van der Waals surface area contributed by atoms with Gasteiger partial charge in [0.1, 0.15) is 6.54 Å². The minimum Gasteiger partial charge on any atom is -0.340 e. The molecule has 6 nitrogen and oxygen atoms in total. The van der Waals surface area contributed by atoms with Crippen LogP contribution in [-0.4, -0.2) is 39.2 Å². The molecule has 6 heteroatoms. The van der Waals surface area contributed by atoms with Crippen molar-refractivity contribution in [2.75, 3.05) is 13.1 Å². The molecule has 0 bridgehead atoms. The van der Waals surface area contributed by atoms with Gasteiger partial charge < -0.3 is 4.90 Å². The smallest absolute Gasteiger partial charge is 0.261 e. The summed E-state index contributed by atoms with van der Waals surface area (Å²) in [6.07, 6.45) is 2.93. The van der Waals surface area contributed by atoms with Crippen molar-refractivity contribution in [3.63, 3.8) is 0 Å². The van der Waals surface area contributed by atoms with E-state index < -0.39 is 0 Å². The first-order valence-corrected chi connectivity index (χ1v) is 11.5. The molecule has 0 N–H and O–H groups in total. The Morgan fingerprint density at radius 3 is 2.38 bits per heavy atom. The topological polar surface area (TPSA) is 72.3 Å². The highest BCUT2D eigenvalue weighted by Crippen LogP contribution is 2.24. The number of benzene rings is 3. The minimum atomic E-state index is -0.244. The number of hydrogen-bond acceptors (Lipinski definition) is 4. The van der Waals surface area contributed by atoms with Crippen molar-refractivity contribution in [3.05, 3.63) is 101 Å². The molecule has 1 amide bonds. The van der Waals surface area contributed by atoms with Gasteiger partial charge in [0.2, 0.25) is 5.91 Å². The summed E-state index contributed by atoms with van der Waals surface area (Å²) in [5.41, 5.74) is 3.20. The van der Waals surface area contributed by atoms with Gasteiger partial charge in [-0.15, -0.1) is 0 Å². The Balaban J connectivity index is 1.27. The van der Waals surface area contributed by atoms with E-state index in [1.807, 2.05) is 60.7 Å². The van der Waals surface area contributed by atoms with Crippen LogP contribution >= 0.6 is 0 Å². The number of carbonyl (C=O) groups is 2. The van der Waals surface area contributed by atoms with Crippen molar-refractivity contribution in [3.8, 4) is 11.1 Å². The van der Waals surface area contributed by atoms with Gasteiger partial charge in [-0.25, -0.2) is 4.98 Å². The molecule has 2 heterocycles. The molecule has 0 saturated carbocycles. The fraction of sp³-hybridized carbons (Fsp3) is 0.214. The van der Waals surface area contributed by atoms with E-state index in [1.54, 1.807) is 23.1 Å². The van der Waals surface area contributed by atoms with Gasteiger partial charge >= 0.3 is 0 Å². The van der Waals surface area contributed by atoms with E-state index >= 15 is 0 Å². The van der Waals surface area contributed by atoms with Gasteiger partial charge in [0.05, 0.1) is 17.2 Å². The van der Waals surface area contributed by atoms with E-state index in [0.29, 0.717) is 29.6 Å². The van der Waals surface area contributed by atoms with Gasteiger partial charge in [0, 0.05) is 24.6 Å². The molecule has 0 aliphatic carbocycles. The Hall–Kier alpha value is -4.06. The van der Waals surface area contributed by atoms with Crippen molar-refractivity contribution in [1.29, 1.82) is 0 Å². The monoisotopic (exact) mass is 451 g/mol. The Bertz CT molecular complexity index is 1390. The first-order chi connectivity index (χ1) is 16.6. The van der Waals surface area contributed by atoms with Crippen LogP contribution in [0.2, 0.25) is 0 Å². The van der Waals surface area contributed by atoms with Crippen LogP contribution in [0.3, 0.4) is 0 Å². The number of para-hydroxylation sites is 1. The van der Waals surface area contributed by atoms with Crippen LogP contribution in [0.5, 0.6) is 0 Å². The highest BCUT2D eigenvalue weighted by molar-refractivity contribution is 5.98.